The number of aryl methyl sites for hydroxylation is 1. The molecule has 1 aromatic heterocycles. The second kappa shape index (κ2) is 16.0. The quantitative estimate of drug-likeness (QED) is 0.293. The van der Waals surface area contributed by atoms with Gasteiger partial charge in [0, 0.05) is 70.2 Å². The highest BCUT2D eigenvalue weighted by Gasteiger charge is 2.31. The van der Waals surface area contributed by atoms with Gasteiger partial charge in [0.2, 0.25) is 5.91 Å². The number of rotatable bonds is 12. The lowest BCUT2D eigenvalue weighted by Crippen LogP contribution is -2.56. The van der Waals surface area contributed by atoms with Crippen LogP contribution >= 0.6 is 0 Å². The summed E-state index contributed by atoms with van der Waals surface area (Å²) in [5, 5.41) is 15.8. The molecular formula is C31H42N6O8. The molecule has 2 saturated heterocycles. The van der Waals surface area contributed by atoms with Crippen molar-refractivity contribution >= 4 is 40.7 Å². The fourth-order valence-electron chi connectivity index (χ4n) is 5.17. The van der Waals surface area contributed by atoms with Crippen LogP contribution in [0.15, 0.2) is 24.3 Å². The Kier molecular flexibility index (Phi) is 11.9. The minimum Gasteiger partial charge on any atom is -0.483 e. The van der Waals surface area contributed by atoms with E-state index >= 15 is 0 Å². The molecule has 244 valence electrons. The molecule has 14 nitrogen and oxygen atoms in total. The number of amides is 4. The van der Waals surface area contributed by atoms with Gasteiger partial charge in [0.25, 0.3) is 11.8 Å². The van der Waals surface area contributed by atoms with Gasteiger partial charge in [0.05, 0.1) is 12.1 Å². The summed E-state index contributed by atoms with van der Waals surface area (Å²) in [6, 6.07) is 5.77. The lowest BCUT2D eigenvalue weighted by molar-refractivity contribution is -0.138. The number of pyridine rings is 1. The smallest absolute Gasteiger partial charge is 0.409 e. The molecule has 0 spiro atoms. The van der Waals surface area contributed by atoms with Gasteiger partial charge in [-0.2, -0.15) is 0 Å². The minimum absolute atomic E-state index is 0.0366. The van der Waals surface area contributed by atoms with Crippen LogP contribution in [0.25, 0.3) is 10.9 Å². The van der Waals surface area contributed by atoms with E-state index in [0.29, 0.717) is 49.4 Å². The summed E-state index contributed by atoms with van der Waals surface area (Å²) in [4.78, 5) is 72.7. The van der Waals surface area contributed by atoms with Gasteiger partial charge in [0.1, 0.15) is 17.5 Å². The van der Waals surface area contributed by atoms with Crippen LogP contribution in [0.1, 0.15) is 48.7 Å². The highest BCUT2D eigenvalue weighted by Crippen LogP contribution is 2.27. The largest absolute Gasteiger partial charge is 0.483 e. The van der Waals surface area contributed by atoms with Gasteiger partial charge in [-0.1, -0.05) is 19.4 Å². The van der Waals surface area contributed by atoms with E-state index < -0.39 is 29.9 Å². The summed E-state index contributed by atoms with van der Waals surface area (Å²) >= 11 is 0. The average molecular weight is 627 g/mol. The van der Waals surface area contributed by atoms with Crippen LogP contribution in [0.2, 0.25) is 0 Å². The Balaban J connectivity index is 1.47. The van der Waals surface area contributed by atoms with Crippen molar-refractivity contribution in [1.82, 2.24) is 30.3 Å². The number of carbonyl (C=O) groups excluding carboxylic acids is 4. The molecule has 14 heteroatoms. The molecule has 0 radical (unpaired) electrons. The lowest BCUT2D eigenvalue weighted by atomic mass is 10.1. The van der Waals surface area contributed by atoms with Gasteiger partial charge in [-0.3, -0.25) is 19.2 Å². The Morgan fingerprint density at radius 1 is 1.00 bits per heavy atom. The number of carboxylic acids is 1. The number of hydrogen-bond acceptors (Lipinski definition) is 9. The van der Waals surface area contributed by atoms with Crippen LogP contribution < -0.4 is 15.4 Å². The van der Waals surface area contributed by atoms with Gasteiger partial charge in [-0.25, -0.2) is 9.78 Å². The number of hydrogen-bond donors (Lipinski definition) is 3. The first-order chi connectivity index (χ1) is 21.7. The highest BCUT2D eigenvalue weighted by molar-refractivity contribution is 5.99. The first-order valence-corrected chi connectivity index (χ1v) is 15.4. The van der Waals surface area contributed by atoms with Gasteiger partial charge in [0.15, 0.2) is 6.61 Å². The van der Waals surface area contributed by atoms with E-state index in [4.69, 9.17) is 9.47 Å². The molecule has 0 unspecified atom stereocenters. The van der Waals surface area contributed by atoms with Crippen molar-refractivity contribution in [3.63, 3.8) is 0 Å². The number of benzene rings is 1. The van der Waals surface area contributed by atoms with Crippen molar-refractivity contribution in [3.8, 4) is 5.75 Å². The van der Waals surface area contributed by atoms with Crippen LogP contribution in [0, 0.1) is 6.92 Å². The van der Waals surface area contributed by atoms with Crippen molar-refractivity contribution < 1.29 is 38.6 Å². The maximum absolute atomic E-state index is 13.5. The summed E-state index contributed by atoms with van der Waals surface area (Å²) in [6.45, 7) is 7.52. The van der Waals surface area contributed by atoms with Crippen LogP contribution in [-0.4, -0.2) is 126 Å². The van der Waals surface area contributed by atoms with Crippen molar-refractivity contribution in [2.75, 3.05) is 65.6 Å². The normalized spacial score (nSPS) is 15.8. The zero-order valence-electron chi connectivity index (χ0n) is 25.9. The third-order valence-electron chi connectivity index (χ3n) is 7.80. The summed E-state index contributed by atoms with van der Waals surface area (Å²) < 4.78 is 11.2. The first kappa shape index (κ1) is 33.4. The molecule has 0 saturated carbocycles. The Bertz CT molecular complexity index is 1390. The summed E-state index contributed by atoms with van der Waals surface area (Å²) in [7, 11) is 0. The Labute approximate surface area is 262 Å². The minimum atomic E-state index is -1.13. The molecule has 3 N–H and O–H groups in total. The average Bonchev–Trinajstić information content (AvgIpc) is 3.05. The van der Waals surface area contributed by atoms with E-state index in [1.807, 2.05) is 26.0 Å². The van der Waals surface area contributed by atoms with Crippen LogP contribution in [0.3, 0.4) is 0 Å². The van der Waals surface area contributed by atoms with Crippen LogP contribution in [0.4, 0.5) is 4.79 Å². The molecule has 2 aliphatic heterocycles. The lowest BCUT2D eigenvalue weighted by Gasteiger charge is -2.36. The number of carbonyl (C=O) groups is 5. The fourth-order valence-corrected chi connectivity index (χ4v) is 5.17. The molecule has 0 bridgehead atoms. The second-order valence-corrected chi connectivity index (χ2v) is 11.2. The number of carboxylic acid groups (broad SMARTS) is 1. The third kappa shape index (κ3) is 9.27. The highest BCUT2D eigenvalue weighted by atomic mass is 16.6. The number of fused-ring (bicyclic) bond motifs is 1. The van der Waals surface area contributed by atoms with Crippen molar-refractivity contribution in [3.05, 3.63) is 35.5 Å². The van der Waals surface area contributed by atoms with Gasteiger partial charge >= 0.3 is 12.1 Å². The van der Waals surface area contributed by atoms with Crippen molar-refractivity contribution in [1.29, 1.82) is 0 Å². The van der Waals surface area contributed by atoms with E-state index in [0.717, 1.165) is 18.4 Å². The molecule has 4 rings (SSSR count). The number of unbranched alkanes of at least 4 members (excludes halogenated alkanes) is 1. The molecule has 2 aliphatic rings. The molecule has 45 heavy (non-hydrogen) atoms. The maximum Gasteiger partial charge on any atom is 0.409 e. The van der Waals surface area contributed by atoms with Gasteiger partial charge < -0.3 is 39.9 Å². The molecule has 2 fully saturated rings. The van der Waals surface area contributed by atoms with E-state index in [1.54, 1.807) is 11.0 Å². The maximum atomic E-state index is 13.5. The number of nitrogens with zero attached hydrogens (tertiary/aromatic N) is 4. The molecule has 1 aromatic carbocycles. The Morgan fingerprint density at radius 2 is 1.71 bits per heavy atom. The van der Waals surface area contributed by atoms with Crippen LogP contribution in [0.5, 0.6) is 5.75 Å². The van der Waals surface area contributed by atoms with E-state index in [-0.39, 0.29) is 57.2 Å². The van der Waals surface area contributed by atoms with E-state index in [9.17, 15) is 29.1 Å². The number of nitrogens with one attached hydrogen (secondary N) is 2. The number of aromatic nitrogens is 1. The number of aliphatic carboxylic acids is 1. The molecule has 2 aromatic rings. The number of piperazine rings is 2. The van der Waals surface area contributed by atoms with E-state index in [2.05, 4.69) is 15.6 Å². The fraction of sp³-hybridized carbons (Fsp3) is 0.548. The predicted octanol–water partition coefficient (Wildman–Crippen LogP) is 1.40. The second-order valence-electron chi connectivity index (χ2n) is 11.2. The zero-order valence-corrected chi connectivity index (χ0v) is 25.9. The monoisotopic (exact) mass is 626 g/mol. The SMILES string of the molecule is CCCCOC(=O)N1CCN(C(=O)[C@H](CCC(=O)O)NC(=O)c2cc(OCC(=O)N3CCNCC3)c3ccc(C)cc3n2)CC1. The Hall–Kier alpha value is -4.46. The van der Waals surface area contributed by atoms with Crippen molar-refractivity contribution in [2.24, 2.45) is 0 Å². The molecule has 3 heterocycles. The summed E-state index contributed by atoms with van der Waals surface area (Å²) in [5.74, 6) is -2.11. The van der Waals surface area contributed by atoms with Gasteiger partial charge in [-0.15, -0.1) is 0 Å². The topological polar surface area (TPSA) is 171 Å². The first-order valence-electron chi connectivity index (χ1n) is 15.4. The molecular weight excluding hydrogens is 584 g/mol. The Morgan fingerprint density at radius 3 is 2.40 bits per heavy atom. The van der Waals surface area contributed by atoms with Gasteiger partial charge in [-0.05, 0) is 37.5 Å². The standard InChI is InChI=1S/C31H42N6O8/c1-3-4-17-44-31(43)37-15-13-36(14-16-37)30(42)23(7-8-28(39)40)34-29(41)25-19-26(22-6-5-21(2)18-24(22)33-25)45-20-27(38)35-11-9-32-10-12-35/h5-6,18-19,23,32H,3-4,7-17,20H2,1-2H3,(H,34,41)(H,39,40)/t23-/m0/s1. The summed E-state index contributed by atoms with van der Waals surface area (Å²) in [6.07, 6.45) is 0.764. The third-order valence-corrected chi connectivity index (χ3v) is 7.80. The van der Waals surface area contributed by atoms with E-state index in [1.165, 1.54) is 15.9 Å². The predicted molar refractivity (Wildman–Crippen MR) is 164 cm³/mol. The molecule has 4 amide bonds. The van der Waals surface area contributed by atoms with Crippen LogP contribution in [-0.2, 0) is 19.1 Å². The number of ether oxygens (including phenoxy) is 2. The zero-order chi connectivity index (χ0) is 32.3. The molecule has 0 aliphatic carbocycles. The van der Waals surface area contributed by atoms with Crippen molar-refractivity contribution in [2.45, 2.75) is 45.6 Å². The molecule has 1 atom stereocenters. The summed E-state index contributed by atoms with van der Waals surface area (Å²) in [5.41, 5.74) is 1.34.